The van der Waals surface area contributed by atoms with Crippen LogP contribution in [0.15, 0.2) is 0 Å². The quantitative estimate of drug-likeness (QED) is 0.797. The molecule has 0 saturated carbocycles. The minimum Gasteiger partial charge on any atom is -0.373 e. The van der Waals surface area contributed by atoms with Crippen molar-refractivity contribution >= 4 is 6.03 Å². The van der Waals surface area contributed by atoms with Gasteiger partial charge in [0.05, 0.1) is 12.7 Å². The second-order valence-electron chi connectivity index (χ2n) is 5.18. The molecule has 0 bridgehead atoms. The lowest BCUT2D eigenvalue weighted by Gasteiger charge is -2.36. The Morgan fingerprint density at radius 3 is 2.56 bits per heavy atom. The number of carbonyl (C=O) groups is 1. The number of ether oxygens (including phenoxy) is 1. The average molecular weight is 255 g/mol. The number of nitrogens with zero attached hydrogens (tertiary/aromatic N) is 2. The maximum Gasteiger partial charge on any atom is 0.320 e. The summed E-state index contributed by atoms with van der Waals surface area (Å²) in [6.45, 7) is 4.77. The zero-order valence-corrected chi connectivity index (χ0v) is 11.4. The van der Waals surface area contributed by atoms with Crippen molar-refractivity contribution < 1.29 is 9.53 Å². The van der Waals surface area contributed by atoms with Crippen LogP contribution < -0.4 is 5.32 Å². The van der Waals surface area contributed by atoms with Gasteiger partial charge in [0.25, 0.3) is 0 Å². The highest BCUT2D eigenvalue weighted by Gasteiger charge is 2.27. The molecule has 0 aromatic carbocycles. The zero-order chi connectivity index (χ0) is 12.8. The van der Waals surface area contributed by atoms with E-state index in [1.807, 2.05) is 16.8 Å². The highest BCUT2D eigenvalue weighted by Crippen LogP contribution is 2.14. The minimum atomic E-state index is 0.139. The second kappa shape index (κ2) is 6.95. The Balaban J connectivity index is 1.86. The van der Waals surface area contributed by atoms with Gasteiger partial charge in [0, 0.05) is 32.7 Å². The summed E-state index contributed by atoms with van der Waals surface area (Å²) >= 11 is 0. The molecule has 0 aliphatic carbocycles. The Kier molecular flexibility index (Phi) is 5.26. The van der Waals surface area contributed by atoms with E-state index in [-0.39, 0.29) is 12.1 Å². The summed E-state index contributed by atoms with van der Waals surface area (Å²) in [4.78, 5) is 16.4. The predicted molar refractivity (Wildman–Crippen MR) is 70.7 cm³/mol. The molecule has 1 N–H and O–H groups in total. The van der Waals surface area contributed by atoms with Crippen LogP contribution in [-0.4, -0.2) is 68.3 Å². The van der Waals surface area contributed by atoms with Gasteiger partial charge in [0.2, 0.25) is 0 Å². The van der Waals surface area contributed by atoms with Gasteiger partial charge in [0.15, 0.2) is 0 Å². The van der Waals surface area contributed by atoms with Crippen LogP contribution in [0.4, 0.5) is 4.79 Å². The maximum atomic E-state index is 12.4. The van der Waals surface area contributed by atoms with Crippen molar-refractivity contribution in [1.82, 2.24) is 15.1 Å². The van der Waals surface area contributed by atoms with E-state index in [4.69, 9.17) is 4.74 Å². The number of carbonyl (C=O) groups excluding carboxylic acids is 1. The van der Waals surface area contributed by atoms with E-state index >= 15 is 0 Å². The number of hydrogen-bond donors (Lipinski definition) is 1. The third-order valence-corrected chi connectivity index (χ3v) is 3.72. The molecule has 0 aromatic rings. The Hall–Kier alpha value is -0.810. The summed E-state index contributed by atoms with van der Waals surface area (Å²) in [7, 11) is 1.92. The molecule has 18 heavy (non-hydrogen) atoms. The van der Waals surface area contributed by atoms with E-state index in [0.717, 1.165) is 45.6 Å². The van der Waals surface area contributed by atoms with Crippen molar-refractivity contribution in [3.05, 3.63) is 0 Å². The molecule has 2 saturated heterocycles. The van der Waals surface area contributed by atoms with Crippen LogP contribution in [0.3, 0.4) is 0 Å². The molecule has 104 valence electrons. The van der Waals surface area contributed by atoms with Crippen LogP contribution in [0, 0.1) is 0 Å². The van der Waals surface area contributed by atoms with E-state index in [0.29, 0.717) is 6.61 Å². The SMILES string of the molecule is CNCC1CN(C(=O)N2CCCCCC2)CCO1. The first-order valence-electron chi connectivity index (χ1n) is 7.11. The molecule has 2 rings (SSSR count). The number of likely N-dealkylation sites (N-methyl/N-ethyl adjacent to an activating group) is 1. The third-order valence-electron chi connectivity index (χ3n) is 3.72. The normalized spacial score (nSPS) is 25.9. The van der Waals surface area contributed by atoms with Crippen LogP contribution in [0.2, 0.25) is 0 Å². The highest BCUT2D eigenvalue weighted by molar-refractivity contribution is 5.74. The lowest BCUT2D eigenvalue weighted by Crippen LogP contribution is -2.53. The van der Waals surface area contributed by atoms with Gasteiger partial charge in [-0.15, -0.1) is 0 Å². The number of rotatable bonds is 2. The molecule has 1 unspecified atom stereocenters. The van der Waals surface area contributed by atoms with E-state index < -0.39 is 0 Å². The molecule has 1 atom stereocenters. The molecule has 5 nitrogen and oxygen atoms in total. The number of urea groups is 1. The monoisotopic (exact) mass is 255 g/mol. The van der Waals surface area contributed by atoms with Crippen molar-refractivity contribution in [1.29, 1.82) is 0 Å². The number of morpholine rings is 1. The fraction of sp³-hybridized carbons (Fsp3) is 0.923. The van der Waals surface area contributed by atoms with Crippen LogP contribution in [0.25, 0.3) is 0 Å². The first kappa shape index (κ1) is 13.6. The molecule has 2 amide bonds. The van der Waals surface area contributed by atoms with Crippen molar-refractivity contribution in [3.63, 3.8) is 0 Å². The summed E-state index contributed by atoms with van der Waals surface area (Å²) in [6, 6.07) is 0.210. The Labute approximate surface area is 109 Å². The molecular formula is C13H25N3O2. The zero-order valence-electron chi connectivity index (χ0n) is 11.4. The lowest BCUT2D eigenvalue weighted by molar-refractivity contribution is -0.0170. The highest BCUT2D eigenvalue weighted by atomic mass is 16.5. The Bertz CT molecular complexity index is 263. The topological polar surface area (TPSA) is 44.8 Å². The molecule has 0 radical (unpaired) electrons. The van der Waals surface area contributed by atoms with E-state index in [1.54, 1.807) is 0 Å². The van der Waals surface area contributed by atoms with E-state index in [1.165, 1.54) is 12.8 Å². The van der Waals surface area contributed by atoms with Gasteiger partial charge in [-0.05, 0) is 19.9 Å². The van der Waals surface area contributed by atoms with Crippen molar-refractivity contribution in [2.75, 3.05) is 46.4 Å². The van der Waals surface area contributed by atoms with Crippen molar-refractivity contribution in [2.24, 2.45) is 0 Å². The van der Waals surface area contributed by atoms with Crippen molar-refractivity contribution in [3.8, 4) is 0 Å². The first-order valence-corrected chi connectivity index (χ1v) is 7.11. The van der Waals surface area contributed by atoms with Gasteiger partial charge in [-0.1, -0.05) is 12.8 Å². The summed E-state index contributed by atoms with van der Waals surface area (Å²) < 4.78 is 5.64. The van der Waals surface area contributed by atoms with Crippen LogP contribution in [0.5, 0.6) is 0 Å². The Morgan fingerprint density at radius 2 is 1.89 bits per heavy atom. The number of amides is 2. The lowest BCUT2D eigenvalue weighted by atomic mass is 10.2. The molecule has 2 fully saturated rings. The second-order valence-corrected chi connectivity index (χ2v) is 5.18. The van der Waals surface area contributed by atoms with Gasteiger partial charge in [-0.2, -0.15) is 0 Å². The summed E-state index contributed by atoms with van der Waals surface area (Å²) in [5, 5.41) is 3.11. The first-order chi connectivity index (χ1) is 8.81. The van der Waals surface area contributed by atoms with E-state index in [9.17, 15) is 4.79 Å². The van der Waals surface area contributed by atoms with Gasteiger partial charge in [-0.3, -0.25) is 0 Å². The van der Waals surface area contributed by atoms with Gasteiger partial charge in [0.1, 0.15) is 0 Å². The molecule has 2 aliphatic rings. The van der Waals surface area contributed by atoms with Gasteiger partial charge in [-0.25, -0.2) is 4.79 Å². The van der Waals surface area contributed by atoms with Crippen molar-refractivity contribution in [2.45, 2.75) is 31.8 Å². The smallest absolute Gasteiger partial charge is 0.320 e. The average Bonchev–Trinajstić information content (AvgIpc) is 2.67. The molecule has 2 heterocycles. The molecule has 0 spiro atoms. The van der Waals surface area contributed by atoms with E-state index in [2.05, 4.69) is 5.32 Å². The largest absolute Gasteiger partial charge is 0.373 e. The standard InChI is InChI=1S/C13H25N3O2/c1-14-10-12-11-16(8-9-18-12)13(17)15-6-4-2-3-5-7-15/h12,14H,2-11H2,1H3. The summed E-state index contributed by atoms with van der Waals surface area (Å²) in [5.41, 5.74) is 0. The van der Waals surface area contributed by atoms with Crippen LogP contribution >= 0.6 is 0 Å². The minimum absolute atomic E-state index is 0.139. The van der Waals surface area contributed by atoms with Gasteiger partial charge >= 0.3 is 6.03 Å². The maximum absolute atomic E-state index is 12.4. The van der Waals surface area contributed by atoms with Crippen LogP contribution in [-0.2, 0) is 4.74 Å². The number of hydrogen-bond acceptors (Lipinski definition) is 3. The molecular weight excluding hydrogens is 230 g/mol. The molecule has 2 aliphatic heterocycles. The summed E-state index contributed by atoms with van der Waals surface area (Å²) in [5.74, 6) is 0. The molecule has 5 heteroatoms. The van der Waals surface area contributed by atoms with Crippen LogP contribution in [0.1, 0.15) is 25.7 Å². The number of nitrogens with one attached hydrogen (secondary N) is 1. The van der Waals surface area contributed by atoms with Gasteiger partial charge < -0.3 is 19.9 Å². The molecule has 0 aromatic heterocycles. The number of likely N-dealkylation sites (tertiary alicyclic amines) is 1. The fourth-order valence-corrected chi connectivity index (χ4v) is 2.71. The fourth-order valence-electron chi connectivity index (χ4n) is 2.71. The Morgan fingerprint density at radius 1 is 1.17 bits per heavy atom. The predicted octanol–water partition coefficient (Wildman–Crippen LogP) is 0.903. The third kappa shape index (κ3) is 3.59. The summed E-state index contributed by atoms with van der Waals surface area (Å²) in [6.07, 6.45) is 4.95.